The minimum Gasteiger partial charge on any atom is -0.495 e. The molecule has 2 heterocycles. The third kappa shape index (κ3) is 4.78. The molecule has 7 heteroatoms. The average molecular weight is 412 g/mol. The second-order valence-electron chi connectivity index (χ2n) is 9.07. The molecule has 2 N–H and O–H groups in total. The van der Waals surface area contributed by atoms with Crippen molar-refractivity contribution in [2.45, 2.75) is 58.0 Å². The molecule has 1 unspecified atom stereocenters. The number of carbonyl (C=O) groups excluding carboxylic acids is 1. The number of hydrogen-bond donors (Lipinski definition) is 2. The van der Waals surface area contributed by atoms with Gasteiger partial charge in [0.1, 0.15) is 11.6 Å². The fourth-order valence-electron chi connectivity index (χ4n) is 4.55. The van der Waals surface area contributed by atoms with Crippen LogP contribution >= 0.6 is 0 Å². The maximum Gasteiger partial charge on any atom is 0.324 e. The largest absolute Gasteiger partial charge is 0.495 e. The lowest BCUT2D eigenvalue weighted by Gasteiger charge is -2.37. The zero-order valence-corrected chi connectivity index (χ0v) is 18.2. The van der Waals surface area contributed by atoms with Gasteiger partial charge in [-0.15, -0.1) is 0 Å². The predicted molar refractivity (Wildman–Crippen MR) is 119 cm³/mol. The van der Waals surface area contributed by atoms with Crippen molar-refractivity contribution >= 4 is 17.5 Å². The van der Waals surface area contributed by atoms with Gasteiger partial charge in [-0.05, 0) is 56.6 Å². The van der Waals surface area contributed by atoms with Crippen molar-refractivity contribution in [1.82, 2.24) is 14.7 Å². The highest BCUT2D eigenvalue weighted by Gasteiger charge is 2.39. The Balaban J connectivity index is 1.33. The third-order valence-corrected chi connectivity index (χ3v) is 6.63. The van der Waals surface area contributed by atoms with Crippen LogP contribution in [0.3, 0.4) is 0 Å². The normalized spacial score (nSPS) is 19.8. The van der Waals surface area contributed by atoms with Gasteiger partial charge in [0, 0.05) is 25.2 Å². The number of urea groups is 1. The highest BCUT2D eigenvalue weighted by atomic mass is 16.5. The van der Waals surface area contributed by atoms with E-state index in [4.69, 9.17) is 4.74 Å². The predicted octanol–water partition coefficient (Wildman–Crippen LogP) is 4.75. The number of ether oxygens (including phenoxy) is 1. The number of amides is 2. The standard InChI is InChI=1S/C23H33N5O2/c1-17(16-23(2)11-12-23)27-14-9-18(10-15-27)28-21(8-13-24-28)26-22(29)25-19-6-4-5-7-20(19)30-3/h4-8,13,17-18H,9-12,14-16H2,1-3H3,(H2,25,26,29). The molecule has 1 aromatic carbocycles. The van der Waals surface area contributed by atoms with Crippen LogP contribution in [0.4, 0.5) is 16.3 Å². The monoisotopic (exact) mass is 411 g/mol. The van der Waals surface area contributed by atoms with Crippen molar-refractivity contribution in [2.75, 3.05) is 30.8 Å². The van der Waals surface area contributed by atoms with E-state index in [-0.39, 0.29) is 6.03 Å². The second-order valence-corrected chi connectivity index (χ2v) is 9.07. The van der Waals surface area contributed by atoms with Crippen LogP contribution < -0.4 is 15.4 Å². The summed E-state index contributed by atoms with van der Waals surface area (Å²) in [7, 11) is 1.59. The topological polar surface area (TPSA) is 71.4 Å². The Labute approximate surface area is 178 Å². The van der Waals surface area contributed by atoms with E-state index in [1.165, 1.54) is 19.3 Å². The molecule has 2 fully saturated rings. The van der Waals surface area contributed by atoms with Gasteiger partial charge < -0.3 is 15.0 Å². The number of methoxy groups -OCH3 is 1. The van der Waals surface area contributed by atoms with Crippen LogP contribution in [0.1, 0.15) is 52.0 Å². The molecule has 1 aliphatic carbocycles. The number of benzene rings is 1. The Morgan fingerprint density at radius 3 is 2.67 bits per heavy atom. The van der Waals surface area contributed by atoms with Crippen molar-refractivity contribution < 1.29 is 9.53 Å². The Kier molecular flexibility index (Phi) is 5.99. The summed E-state index contributed by atoms with van der Waals surface area (Å²) in [4.78, 5) is 15.2. The number of carbonyl (C=O) groups is 1. The zero-order chi connectivity index (χ0) is 21.1. The fourth-order valence-corrected chi connectivity index (χ4v) is 4.55. The van der Waals surface area contributed by atoms with Crippen LogP contribution in [0.5, 0.6) is 5.75 Å². The van der Waals surface area contributed by atoms with Gasteiger partial charge in [0.2, 0.25) is 0 Å². The Morgan fingerprint density at radius 1 is 1.23 bits per heavy atom. The van der Waals surface area contributed by atoms with Crippen molar-refractivity contribution in [2.24, 2.45) is 5.41 Å². The molecule has 1 aliphatic heterocycles. The summed E-state index contributed by atoms with van der Waals surface area (Å²) in [6, 6.07) is 9.86. The Bertz CT molecular complexity index is 868. The van der Waals surface area contributed by atoms with Crippen LogP contribution in [0.15, 0.2) is 36.5 Å². The summed E-state index contributed by atoms with van der Waals surface area (Å²) in [6.45, 7) is 6.93. The summed E-state index contributed by atoms with van der Waals surface area (Å²) < 4.78 is 7.26. The van der Waals surface area contributed by atoms with Gasteiger partial charge in [-0.3, -0.25) is 5.32 Å². The van der Waals surface area contributed by atoms with Gasteiger partial charge in [-0.1, -0.05) is 19.1 Å². The number of para-hydroxylation sites is 2. The van der Waals surface area contributed by atoms with Gasteiger partial charge in [0.25, 0.3) is 0 Å². The average Bonchev–Trinajstić information content (AvgIpc) is 3.29. The molecule has 0 radical (unpaired) electrons. The number of nitrogens with zero attached hydrogens (tertiary/aromatic N) is 3. The van der Waals surface area contributed by atoms with Crippen molar-refractivity contribution in [3.63, 3.8) is 0 Å². The highest BCUT2D eigenvalue weighted by Crippen LogP contribution is 2.49. The molecular weight excluding hydrogens is 378 g/mol. The van der Waals surface area contributed by atoms with E-state index < -0.39 is 0 Å². The second kappa shape index (κ2) is 8.68. The number of aromatic nitrogens is 2. The first-order valence-corrected chi connectivity index (χ1v) is 11.0. The summed E-state index contributed by atoms with van der Waals surface area (Å²) in [5.41, 5.74) is 1.22. The van der Waals surface area contributed by atoms with E-state index in [2.05, 4.69) is 34.5 Å². The summed E-state index contributed by atoms with van der Waals surface area (Å²) in [6.07, 6.45) is 7.91. The quantitative estimate of drug-likeness (QED) is 0.690. The molecule has 2 aromatic rings. The van der Waals surface area contributed by atoms with Gasteiger partial charge in [0.05, 0.1) is 25.0 Å². The van der Waals surface area contributed by atoms with Crippen LogP contribution in [-0.2, 0) is 0 Å². The molecule has 1 aromatic heterocycles. The van der Waals surface area contributed by atoms with Crippen LogP contribution in [0, 0.1) is 5.41 Å². The Hall–Kier alpha value is -2.54. The van der Waals surface area contributed by atoms with Crippen molar-refractivity contribution in [1.29, 1.82) is 0 Å². The number of nitrogens with one attached hydrogen (secondary N) is 2. The van der Waals surface area contributed by atoms with Gasteiger partial charge in [-0.25, -0.2) is 9.48 Å². The van der Waals surface area contributed by atoms with E-state index in [0.29, 0.717) is 28.9 Å². The van der Waals surface area contributed by atoms with Crippen LogP contribution in [0.2, 0.25) is 0 Å². The smallest absolute Gasteiger partial charge is 0.324 e. The van der Waals surface area contributed by atoms with Crippen LogP contribution in [0.25, 0.3) is 0 Å². The minimum atomic E-state index is -0.301. The summed E-state index contributed by atoms with van der Waals surface area (Å²) >= 11 is 0. The lowest BCUT2D eigenvalue weighted by atomic mass is 9.96. The number of piperidine rings is 1. The number of hydrogen-bond acceptors (Lipinski definition) is 4. The number of likely N-dealkylation sites (tertiary alicyclic amines) is 1. The molecule has 7 nitrogen and oxygen atoms in total. The highest BCUT2D eigenvalue weighted by molar-refractivity contribution is 6.00. The lowest BCUT2D eigenvalue weighted by Crippen LogP contribution is -2.41. The van der Waals surface area contributed by atoms with E-state index in [9.17, 15) is 4.79 Å². The molecular formula is C23H33N5O2. The molecule has 1 atom stereocenters. The van der Waals surface area contributed by atoms with Gasteiger partial charge in [-0.2, -0.15) is 5.10 Å². The van der Waals surface area contributed by atoms with E-state index >= 15 is 0 Å². The first-order valence-electron chi connectivity index (χ1n) is 11.0. The molecule has 0 bridgehead atoms. The van der Waals surface area contributed by atoms with E-state index in [1.807, 2.05) is 35.0 Å². The zero-order valence-electron chi connectivity index (χ0n) is 18.2. The molecule has 1 saturated carbocycles. The minimum absolute atomic E-state index is 0.301. The van der Waals surface area contributed by atoms with E-state index in [0.717, 1.165) is 31.7 Å². The first kappa shape index (κ1) is 20.7. The summed E-state index contributed by atoms with van der Waals surface area (Å²) in [5.74, 6) is 1.35. The maximum absolute atomic E-state index is 12.5. The van der Waals surface area contributed by atoms with Crippen LogP contribution in [-0.4, -0.2) is 47.0 Å². The molecule has 1 saturated heterocycles. The fraction of sp³-hybridized carbons (Fsp3) is 0.565. The molecule has 2 amide bonds. The maximum atomic E-state index is 12.5. The Morgan fingerprint density at radius 2 is 1.97 bits per heavy atom. The van der Waals surface area contributed by atoms with Crippen molar-refractivity contribution in [3.05, 3.63) is 36.5 Å². The van der Waals surface area contributed by atoms with Crippen molar-refractivity contribution in [3.8, 4) is 5.75 Å². The number of anilines is 2. The molecule has 30 heavy (non-hydrogen) atoms. The molecule has 4 rings (SSSR count). The third-order valence-electron chi connectivity index (χ3n) is 6.63. The van der Waals surface area contributed by atoms with E-state index in [1.54, 1.807) is 13.3 Å². The molecule has 162 valence electrons. The molecule has 2 aliphatic rings. The SMILES string of the molecule is COc1ccccc1NC(=O)Nc1ccnn1C1CCN(C(C)CC2(C)CC2)CC1. The van der Waals surface area contributed by atoms with Gasteiger partial charge in [0.15, 0.2) is 0 Å². The summed E-state index contributed by atoms with van der Waals surface area (Å²) in [5, 5.41) is 10.3. The number of rotatable bonds is 7. The molecule has 0 spiro atoms. The van der Waals surface area contributed by atoms with Gasteiger partial charge >= 0.3 is 6.03 Å². The lowest BCUT2D eigenvalue weighted by molar-refractivity contribution is 0.122. The first-order chi connectivity index (χ1) is 14.5.